The highest BCUT2D eigenvalue weighted by Crippen LogP contribution is 2.41. The summed E-state index contributed by atoms with van der Waals surface area (Å²) in [5.74, 6) is -8.84. The number of hydrogen-bond acceptors (Lipinski definition) is 2. The van der Waals surface area contributed by atoms with Crippen molar-refractivity contribution >= 4 is 0 Å². The molecule has 3 aromatic rings. The van der Waals surface area contributed by atoms with Crippen LogP contribution in [0.25, 0.3) is 11.1 Å². The first kappa shape index (κ1) is 27.2. The van der Waals surface area contributed by atoms with Crippen molar-refractivity contribution in [3.05, 3.63) is 81.9 Å². The molecule has 0 atom stereocenters. The molecule has 0 aromatic heterocycles. The van der Waals surface area contributed by atoms with E-state index in [9.17, 15) is 39.5 Å². The molecule has 3 rings (SSSR count). The van der Waals surface area contributed by atoms with Gasteiger partial charge in [-0.3, -0.25) is 0 Å². The molecule has 0 aliphatic heterocycles. The third kappa shape index (κ3) is 5.55. The number of benzene rings is 3. The summed E-state index contributed by atoms with van der Waals surface area (Å²) in [5.41, 5.74) is -2.83. The van der Waals surface area contributed by atoms with Crippen LogP contribution in [-0.2, 0) is 12.3 Å². The lowest BCUT2D eigenvalue weighted by Crippen LogP contribution is -2.25. The minimum atomic E-state index is -5.44. The topological polar surface area (TPSA) is 18.5 Å². The Bertz CT molecular complexity index is 1210. The fourth-order valence-corrected chi connectivity index (χ4v) is 3.76. The first-order chi connectivity index (χ1) is 16.7. The van der Waals surface area contributed by atoms with Crippen LogP contribution in [0.3, 0.4) is 0 Å². The summed E-state index contributed by atoms with van der Waals surface area (Å²) >= 11 is 0. The molecule has 36 heavy (non-hydrogen) atoms. The van der Waals surface area contributed by atoms with Crippen LogP contribution in [0.4, 0.5) is 39.5 Å². The Morgan fingerprint density at radius 2 is 1.14 bits per heavy atom. The molecule has 0 N–H and O–H groups in total. The highest BCUT2D eigenvalue weighted by atomic mass is 19.4. The van der Waals surface area contributed by atoms with Gasteiger partial charge in [-0.05, 0) is 66.8 Å². The van der Waals surface area contributed by atoms with Crippen LogP contribution < -0.4 is 9.47 Å². The molecule has 0 aliphatic rings. The van der Waals surface area contributed by atoms with Crippen molar-refractivity contribution in [1.82, 2.24) is 0 Å². The monoisotopic (exact) mass is 522 g/mol. The first-order valence-electron chi connectivity index (χ1n) is 10.5. The minimum Gasteiger partial charge on any atom is -0.494 e. The molecule has 0 heterocycles. The minimum absolute atomic E-state index is 0.0757. The van der Waals surface area contributed by atoms with Gasteiger partial charge in [0, 0.05) is 12.1 Å². The van der Waals surface area contributed by atoms with Crippen LogP contribution in [0.1, 0.15) is 35.6 Å². The summed E-state index contributed by atoms with van der Waals surface area (Å²) in [6.45, 7) is 5.62. The molecule has 11 heteroatoms. The Kier molecular flexibility index (Phi) is 7.52. The van der Waals surface area contributed by atoms with Crippen molar-refractivity contribution in [2.45, 2.75) is 39.5 Å². The van der Waals surface area contributed by atoms with Crippen LogP contribution in [0.15, 0.2) is 36.4 Å². The van der Waals surface area contributed by atoms with Crippen LogP contribution in [0.2, 0.25) is 0 Å². The van der Waals surface area contributed by atoms with Gasteiger partial charge in [-0.2, -0.15) is 22.0 Å². The summed E-state index contributed by atoms with van der Waals surface area (Å²) in [7, 11) is 0. The van der Waals surface area contributed by atoms with E-state index < -0.39 is 52.4 Å². The van der Waals surface area contributed by atoms with Crippen molar-refractivity contribution in [3.63, 3.8) is 0 Å². The molecule has 194 valence electrons. The average molecular weight is 522 g/mol. The van der Waals surface area contributed by atoms with E-state index >= 15 is 0 Å². The van der Waals surface area contributed by atoms with Crippen molar-refractivity contribution < 1.29 is 49.0 Å². The van der Waals surface area contributed by atoms with Gasteiger partial charge in [-0.25, -0.2) is 17.6 Å². The fourth-order valence-electron chi connectivity index (χ4n) is 3.76. The lowest BCUT2D eigenvalue weighted by atomic mass is 9.94. The van der Waals surface area contributed by atoms with E-state index in [1.54, 1.807) is 26.0 Å². The second-order valence-electron chi connectivity index (χ2n) is 7.97. The van der Waals surface area contributed by atoms with Gasteiger partial charge in [0.25, 0.3) is 0 Å². The molecule has 0 amide bonds. The zero-order valence-electron chi connectivity index (χ0n) is 19.1. The molecule has 0 unspecified atom stereocenters. The van der Waals surface area contributed by atoms with Gasteiger partial charge in [-0.15, -0.1) is 0 Å². The Balaban J connectivity index is 1.99. The van der Waals surface area contributed by atoms with Gasteiger partial charge in [0.05, 0.1) is 6.61 Å². The predicted octanol–water partition coefficient (Wildman–Crippen LogP) is 8.46. The number of alkyl halides is 5. The molecular formula is C25H19F9O2. The smallest absolute Gasteiger partial charge is 0.432 e. The van der Waals surface area contributed by atoms with Crippen LogP contribution in [0, 0.1) is 37.1 Å². The SMILES string of the molecule is CCCOc1cc(C)c(-c2cc(F)c(C(F)(F)Oc3cc(F)c(C(F)(F)F)c(F)c3)c(F)c2)c(C)c1. The molecule has 3 aromatic carbocycles. The van der Waals surface area contributed by atoms with E-state index in [0.717, 1.165) is 6.42 Å². The third-order valence-electron chi connectivity index (χ3n) is 5.15. The average Bonchev–Trinajstić information content (AvgIpc) is 2.69. The highest BCUT2D eigenvalue weighted by molar-refractivity contribution is 5.72. The third-order valence-corrected chi connectivity index (χ3v) is 5.15. The van der Waals surface area contributed by atoms with E-state index in [1.807, 2.05) is 6.92 Å². The maximum Gasteiger partial charge on any atom is 0.432 e. The molecule has 0 bridgehead atoms. The largest absolute Gasteiger partial charge is 0.494 e. The van der Waals surface area contributed by atoms with Crippen LogP contribution >= 0.6 is 0 Å². The number of ether oxygens (including phenoxy) is 2. The zero-order chi connectivity index (χ0) is 27.0. The van der Waals surface area contributed by atoms with Gasteiger partial charge in [0.15, 0.2) is 0 Å². The van der Waals surface area contributed by atoms with Crippen molar-refractivity contribution in [2.24, 2.45) is 0 Å². The van der Waals surface area contributed by atoms with E-state index in [2.05, 4.69) is 4.74 Å². The summed E-state index contributed by atoms with van der Waals surface area (Å²) in [5, 5.41) is 0. The molecule has 0 radical (unpaired) electrons. The maximum atomic E-state index is 14.8. The Morgan fingerprint density at radius 1 is 0.667 bits per heavy atom. The van der Waals surface area contributed by atoms with Crippen LogP contribution in [-0.4, -0.2) is 6.61 Å². The van der Waals surface area contributed by atoms with Gasteiger partial charge in [0.2, 0.25) is 0 Å². The Hall–Kier alpha value is -3.37. The van der Waals surface area contributed by atoms with Gasteiger partial charge >= 0.3 is 12.3 Å². The number of aryl methyl sites for hydroxylation is 2. The molecule has 0 saturated carbocycles. The Labute approximate surface area is 200 Å². The second kappa shape index (κ2) is 9.94. The predicted molar refractivity (Wildman–Crippen MR) is 113 cm³/mol. The fraction of sp³-hybridized carbons (Fsp3) is 0.280. The van der Waals surface area contributed by atoms with E-state index in [1.165, 1.54) is 0 Å². The molecule has 0 saturated heterocycles. The number of hydrogen-bond donors (Lipinski definition) is 0. The molecule has 0 fully saturated rings. The standard InChI is InChI=1S/C25H19F9O2/c1-4-5-35-15-6-12(2)21(13(3)7-15)14-8-17(26)23(18(27)9-14)25(33,34)36-16-10-19(28)22(20(29)11-16)24(30,31)32/h6-11H,4-5H2,1-3H3. The summed E-state index contributed by atoms with van der Waals surface area (Å²) in [4.78, 5) is 0. The molecular weight excluding hydrogens is 503 g/mol. The lowest BCUT2D eigenvalue weighted by molar-refractivity contribution is -0.189. The van der Waals surface area contributed by atoms with Crippen LogP contribution in [0.5, 0.6) is 11.5 Å². The van der Waals surface area contributed by atoms with Gasteiger partial charge < -0.3 is 9.47 Å². The number of halogens is 9. The zero-order valence-corrected chi connectivity index (χ0v) is 19.1. The first-order valence-corrected chi connectivity index (χ1v) is 10.5. The quantitative estimate of drug-likeness (QED) is 0.290. The van der Waals surface area contributed by atoms with E-state index in [-0.39, 0.29) is 17.7 Å². The normalized spacial score (nSPS) is 12.1. The van der Waals surface area contributed by atoms with E-state index in [4.69, 9.17) is 4.74 Å². The maximum absolute atomic E-state index is 14.8. The Morgan fingerprint density at radius 3 is 1.58 bits per heavy atom. The van der Waals surface area contributed by atoms with E-state index in [0.29, 0.717) is 41.2 Å². The second-order valence-corrected chi connectivity index (χ2v) is 7.97. The van der Waals surface area contributed by atoms with Crippen molar-refractivity contribution in [2.75, 3.05) is 6.61 Å². The molecule has 0 aliphatic carbocycles. The summed E-state index contributed by atoms with van der Waals surface area (Å²) in [6.07, 6.45) is -9.52. The highest BCUT2D eigenvalue weighted by Gasteiger charge is 2.43. The van der Waals surface area contributed by atoms with Crippen molar-refractivity contribution in [3.8, 4) is 22.6 Å². The molecule has 0 spiro atoms. The molecule has 2 nitrogen and oxygen atoms in total. The van der Waals surface area contributed by atoms with Gasteiger partial charge in [-0.1, -0.05) is 6.92 Å². The summed E-state index contributed by atoms with van der Waals surface area (Å²) in [6, 6.07) is 4.19. The lowest BCUT2D eigenvalue weighted by Gasteiger charge is -2.21. The van der Waals surface area contributed by atoms with Gasteiger partial charge in [0.1, 0.15) is 45.9 Å². The number of rotatable bonds is 7. The summed E-state index contributed by atoms with van der Waals surface area (Å²) < 4.78 is 134. The van der Waals surface area contributed by atoms with Crippen molar-refractivity contribution in [1.29, 1.82) is 0 Å².